The van der Waals surface area contributed by atoms with E-state index < -0.39 is 5.97 Å². The largest absolute Gasteiger partial charge is 0.480 e. The summed E-state index contributed by atoms with van der Waals surface area (Å²) in [5.41, 5.74) is 2.14. The Kier molecular flexibility index (Phi) is 6.64. The number of rotatable bonds is 8. The molecule has 138 valence electrons. The van der Waals surface area contributed by atoms with E-state index in [9.17, 15) is 9.59 Å². The molecule has 1 fully saturated rings. The van der Waals surface area contributed by atoms with Crippen molar-refractivity contribution in [3.8, 4) is 0 Å². The molecular formula is C18H28N4O3. The van der Waals surface area contributed by atoms with Crippen molar-refractivity contribution in [1.29, 1.82) is 0 Å². The van der Waals surface area contributed by atoms with Gasteiger partial charge in [0.15, 0.2) is 0 Å². The van der Waals surface area contributed by atoms with Crippen molar-refractivity contribution in [2.24, 2.45) is 0 Å². The average molecular weight is 348 g/mol. The van der Waals surface area contributed by atoms with Crippen LogP contribution in [0, 0.1) is 0 Å². The summed E-state index contributed by atoms with van der Waals surface area (Å²) in [4.78, 5) is 26.8. The number of hydrogen-bond donors (Lipinski definition) is 3. The normalized spacial score (nSPS) is 19.2. The Labute approximate surface area is 149 Å². The number of carboxylic acids is 1. The van der Waals surface area contributed by atoms with Gasteiger partial charge in [-0.25, -0.2) is 4.79 Å². The Hall–Kier alpha value is -2.28. The highest BCUT2D eigenvalue weighted by Crippen LogP contribution is 2.25. The molecule has 0 aromatic heterocycles. The number of benzene rings is 1. The van der Waals surface area contributed by atoms with E-state index in [1.165, 1.54) is 0 Å². The fraction of sp³-hybridized carbons (Fsp3) is 0.556. The van der Waals surface area contributed by atoms with Crippen LogP contribution in [-0.2, 0) is 11.3 Å². The number of urea groups is 1. The van der Waals surface area contributed by atoms with Crippen LogP contribution in [0.3, 0.4) is 0 Å². The molecule has 0 atom stereocenters. The summed E-state index contributed by atoms with van der Waals surface area (Å²) in [7, 11) is 3.96. The SMILES string of the molecule is CCN(CC(=O)O)C1CC(NC(=O)NCc2cccc(N(C)C)c2)C1. The van der Waals surface area contributed by atoms with Crippen LogP contribution in [0.5, 0.6) is 0 Å². The van der Waals surface area contributed by atoms with Gasteiger partial charge in [0.1, 0.15) is 0 Å². The van der Waals surface area contributed by atoms with E-state index in [0.717, 1.165) is 24.1 Å². The molecule has 1 aliphatic rings. The second kappa shape index (κ2) is 8.71. The monoisotopic (exact) mass is 348 g/mol. The number of anilines is 1. The standard InChI is InChI=1S/C18H28N4O3/c1-4-22(12-17(23)24)16-9-14(10-16)20-18(25)19-11-13-6-5-7-15(8-13)21(2)3/h5-8,14,16H,4,9-12H2,1-3H3,(H,23,24)(H2,19,20,25). The van der Waals surface area contributed by atoms with E-state index in [1.807, 2.05) is 55.1 Å². The first-order chi connectivity index (χ1) is 11.9. The van der Waals surface area contributed by atoms with Gasteiger partial charge in [-0.1, -0.05) is 19.1 Å². The third kappa shape index (κ3) is 5.63. The fourth-order valence-corrected chi connectivity index (χ4v) is 3.04. The average Bonchev–Trinajstić information content (AvgIpc) is 2.54. The van der Waals surface area contributed by atoms with Crippen molar-refractivity contribution in [2.75, 3.05) is 32.1 Å². The Morgan fingerprint density at radius 3 is 2.60 bits per heavy atom. The molecule has 1 saturated carbocycles. The molecule has 0 unspecified atom stereocenters. The second-order valence-corrected chi connectivity index (χ2v) is 6.67. The summed E-state index contributed by atoms with van der Waals surface area (Å²) < 4.78 is 0. The molecule has 7 nitrogen and oxygen atoms in total. The molecule has 0 aliphatic heterocycles. The van der Waals surface area contributed by atoms with E-state index >= 15 is 0 Å². The van der Waals surface area contributed by atoms with Crippen LogP contribution >= 0.6 is 0 Å². The number of hydrogen-bond acceptors (Lipinski definition) is 4. The lowest BCUT2D eigenvalue weighted by Gasteiger charge is -2.42. The van der Waals surface area contributed by atoms with Gasteiger partial charge in [-0.2, -0.15) is 0 Å². The van der Waals surface area contributed by atoms with Gasteiger partial charge < -0.3 is 20.6 Å². The van der Waals surface area contributed by atoms with Crippen molar-refractivity contribution in [3.63, 3.8) is 0 Å². The molecule has 0 bridgehead atoms. The molecule has 7 heteroatoms. The molecule has 2 amide bonds. The number of nitrogens with one attached hydrogen (secondary N) is 2. The van der Waals surface area contributed by atoms with Gasteiger partial charge in [-0.15, -0.1) is 0 Å². The lowest BCUT2D eigenvalue weighted by Crippen LogP contribution is -2.56. The lowest BCUT2D eigenvalue weighted by molar-refractivity contribution is -0.139. The van der Waals surface area contributed by atoms with Crippen LogP contribution in [0.15, 0.2) is 24.3 Å². The van der Waals surface area contributed by atoms with Gasteiger partial charge in [-0.3, -0.25) is 9.69 Å². The van der Waals surface area contributed by atoms with Crippen molar-refractivity contribution in [3.05, 3.63) is 29.8 Å². The highest BCUT2D eigenvalue weighted by Gasteiger charge is 2.34. The zero-order chi connectivity index (χ0) is 18.4. The van der Waals surface area contributed by atoms with Crippen LogP contribution in [0.2, 0.25) is 0 Å². The predicted molar refractivity (Wildman–Crippen MR) is 97.8 cm³/mol. The Bertz CT molecular complexity index is 600. The minimum absolute atomic E-state index is 0.0578. The van der Waals surface area contributed by atoms with Gasteiger partial charge in [0.25, 0.3) is 0 Å². The van der Waals surface area contributed by atoms with Crippen LogP contribution in [0.1, 0.15) is 25.3 Å². The number of aliphatic carboxylic acids is 1. The third-order valence-electron chi connectivity index (χ3n) is 4.59. The number of carbonyl (C=O) groups is 2. The summed E-state index contributed by atoms with van der Waals surface area (Å²) in [6.07, 6.45) is 1.59. The highest BCUT2D eigenvalue weighted by atomic mass is 16.4. The summed E-state index contributed by atoms with van der Waals surface area (Å²) >= 11 is 0. The molecule has 25 heavy (non-hydrogen) atoms. The number of carbonyl (C=O) groups excluding carboxylic acids is 1. The van der Waals surface area contributed by atoms with Crippen molar-refractivity contribution in [2.45, 2.75) is 38.4 Å². The molecule has 1 aliphatic carbocycles. The Morgan fingerprint density at radius 1 is 1.28 bits per heavy atom. The quantitative estimate of drug-likeness (QED) is 0.663. The molecule has 1 aromatic carbocycles. The number of likely N-dealkylation sites (N-methyl/N-ethyl adjacent to an activating group) is 1. The third-order valence-corrected chi connectivity index (χ3v) is 4.59. The Morgan fingerprint density at radius 2 is 2.00 bits per heavy atom. The highest BCUT2D eigenvalue weighted by molar-refractivity contribution is 5.74. The zero-order valence-corrected chi connectivity index (χ0v) is 15.2. The Balaban J connectivity index is 1.72. The molecule has 2 rings (SSSR count). The lowest BCUT2D eigenvalue weighted by atomic mass is 9.85. The van der Waals surface area contributed by atoms with Crippen LogP contribution in [0.25, 0.3) is 0 Å². The minimum atomic E-state index is -0.809. The molecule has 0 radical (unpaired) electrons. The maximum absolute atomic E-state index is 12.0. The molecular weight excluding hydrogens is 320 g/mol. The van der Waals surface area contributed by atoms with Crippen LogP contribution in [-0.4, -0.2) is 61.3 Å². The molecule has 3 N–H and O–H groups in total. The van der Waals surface area contributed by atoms with E-state index in [2.05, 4.69) is 10.6 Å². The molecule has 0 saturated heterocycles. The van der Waals surface area contributed by atoms with Crippen molar-refractivity contribution < 1.29 is 14.7 Å². The summed E-state index contributed by atoms with van der Waals surface area (Å²) in [5.74, 6) is -0.809. The molecule has 1 aromatic rings. The number of amides is 2. The second-order valence-electron chi connectivity index (χ2n) is 6.67. The van der Waals surface area contributed by atoms with Crippen molar-refractivity contribution >= 4 is 17.7 Å². The maximum atomic E-state index is 12.0. The summed E-state index contributed by atoms with van der Waals surface area (Å²) in [5, 5.41) is 14.7. The first-order valence-electron chi connectivity index (χ1n) is 8.65. The smallest absolute Gasteiger partial charge is 0.317 e. The van der Waals surface area contributed by atoms with Gasteiger partial charge >= 0.3 is 12.0 Å². The number of nitrogens with zero attached hydrogens (tertiary/aromatic N) is 2. The molecule has 0 heterocycles. The van der Waals surface area contributed by atoms with E-state index in [0.29, 0.717) is 13.1 Å². The van der Waals surface area contributed by atoms with Gasteiger partial charge in [0.05, 0.1) is 6.54 Å². The topological polar surface area (TPSA) is 84.9 Å². The van der Waals surface area contributed by atoms with E-state index in [1.54, 1.807) is 0 Å². The fourth-order valence-electron chi connectivity index (χ4n) is 3.04. The first-order valence-corrected chi connectivity index (χ1v) is 8.65. The van der Waals surface area contributed by atoms with Crippen LogP contribution in [0.4, 0.5) is 10.5 Å². The predicted octanol–water partition coefficient (Wildman–Crippen LogP) is 1.49. The van der Waals surface area contributed by atoms with Gasteiger partial charge in [-0.05, 0) is 37.1 Å². The number of carboxylic acid groups (broad SMARTS) is 1. The minimum Gasteiger partial charge on any atom is -0.480 e. The summed E-state index contributed by atoms with van der Waals surface area (Å²) in [6, 6.07) is 8.20. The van der Waals surface area contributed by atoms with E-state index in [-0.39, 0.29) is 24.7 Å². The summed E-state index contributed by atoms with van der Waals surface area (Å²) in [6.45, 7) is 3.20. The molecule has 0 spiro atoms. The first kappa shape index (κ1) is 19.1. The van der Waals surface area contributed by atoms with Gasteiger partial charge in [0.2, 0.25) is 0 Å². The zero-order valence-electron chi connectivity index (χ0n) is 15.2. The van der Waals surface area contributed by atoms with Crippen molar-refractivity contribution in [1.82, 2.24) is 15.5 Å². The maximum Gasteiger partial charge on any atom is 0.317 e. The van der Waals surface area contributed by atoms with Gasteiger partial charge in [0, 0.05) is 38.4 Å². The van der Waals surface area contributed by atoms with E-state index in [4.69, 9.17) is 5.11 Å². The van der Waals surface area contributed by atoms with Crippen LogP contribution < -0.4 is 15.5 Å².